The smallest absolute Gasteiger partial charge is 0.214 e. The van der Waals surface area contributed by atoms with Crippen LogP contribution in [-0.2, 0) is 14.8 Å². The van der Waals surface area contributed by atoms with Crippen molar-refractivity contribution in [3.8, 4) is 0 Å². The zero-order chi connectivity index (χ0) is 12.4. The molecule has 0 radical (unpaired) electrons. The lowest BCUT2D eigenvalue weighted by atomic mass is 9.86. The molecule has 0 spiro atoms. The van der Waals surface area contributed by atoms with Gasteiger partial charge < -0.3 is 4.74 Å². The monoisotopic (exact) mass is 249 g/mol. The summed E-state index contributed by atoms with van der Waals surface area (Å²) in [6, 6.07) is -0.0574. The van der Waals surface area contributed by atoms with E-state index in [1.165, 1.54) is 0 Å². The van der Waals surface area contributed by atoms with Crippen LogP contribution in [0.1, 0.15) is 40.0 Å². The molecule has 1 saturated carbocycles. The van der Waals surface area contributed by atoms with E-state index < -0.39 is 10.0 Å². The summed E-state index contributed by atoms with van der Waals surface area (Å²) in [6.07, 6.45) is 2.32. The zero-order valence-electron chi connectivity index (χ0n) is 10.6. The molecule has 0 saturated heterocycles. The van der Waals surface area contributed by atoms with Crippen molar-refractivity contribution < 1.29 is 13.2 Å². The molecule has 0 bridgehead atoms. The Morgan fingerprint density at radius 1 is 1.38 bits per heavy atom. The molecule has 1 N–H and O–H groups in total. The third-order valence-corrected chi connectivity index (χ3v) is 4.89. The molecule has 1 rings (SSSR count). The third kappa shape index (κ3) is 4.03. The molecule has 0 aliphatic heterocycles. The molecule has 0 amide bonds. The van der Waals surface area contributed by atoms with Crippen molar-refractivity contribution in [1.82, 2.24) is 4.72 Å². The van der Waals surface area contributed by atoms with E-state index >= 15 is 0 Å². The predicted molar refractivity (Wildman–Crippen MR) is 64.8 cm³/mol. The largest absolute Gasteiger partial charge is 0.385 e. The maximum absolute atomic E-state index is 11.9. The molecule has 0 heterocycles. The summed E-state index contributed by atoms with van der Waals surface area (Å²) in [5.41, 5.74) is -0.0828. The summed E-state index contributed by atoms with van der Waals surface area (Å²) in [7, 11) is -1.47. The fourth-order valence-corrected chi connectivity index (χ4v) is 3.39. The van der Waals surface area contributed by atoms with E-state index in [9.17, 15) is 8.42 Å². The quantitative estimate of drug-likeness (QED) is 0.776. The molecular formula is C11H23NO3S. The Bertz CT molecular complexity index is 315. The predicted octanol–water partition coefficient (Wildman–Crippen LogP) is 1.52. The zero-order valence-corrected chi connectivity index (χ0v) is 11.4. The van der Waals surface area contributed by atoms with Crippen LogP contribution in [0.15, 0.2) is 0 Å². The van der Waals surface area contributed by atoms with Crippen molar-refractivity contribution in [2.24, 2.45) is 5.41 Å². The maximum Gasteiger partial charge on any atom is 0.214 e. The Labute approximate surface area is 98.8 Å². The maximum atomic E-state index is 11.9. The topological polar surface area (TPSA) is 55.4 Å². The highest BCUT2D eigenvalue weighted by atomic mass is 32.2. The van der Waals surface area contributed by atoms with Crippen molar-refractivity contribution in [2.45, 2.75) is 51.3 Å². The lowest BCUT2D eigenvalue weighted by Gasteiger charge is -2.31. The second kappa shape index (κ2) is 5.02. The van der Waals surface area contributed by atoms with Gasteiger partial charge in [0, 0.05) is 19.8 Å². The van der Waals surface area contributed by atoms with E-state index in [1.807, 2.05) is 20.8 Å². The first-order valence-corrected chi connectivity index (χ1v) is 7.32. The minimum Gasteiger partial charge on any atom is -0.385 e. The molecule has 1 fully saturated rings. The highest BCUT2D eigenvalue weighted by Crippen LogP contribution is 2.30. The Morgan fingerprint density at radius 2 is 1.94 bits per heavy atom. The van der Waals surface area contributed by atoms with Crippen LogP contribution in [0.2, 0.25) is 0 Å². The van der Waals surface area contributed by atoms with Crippen LogP contribution in [0.5, 0.6) is 0 Å². The van der Waals surface area contributed by atoms with Gasteiger partial charge in [-0.05, 0) is 24.7 Å². The molecule has 16 heavy (non-hydrogen) atoms. The van der Waals surface area contributed by atoms with E-state index in [1.54, 1.807) is 7.11 Å². The van der Waals surface area contributed by atoms with Gasteiger partial charge in [-0.1, -0.05) is 20.8 Å². The molecule has 0 aromatic carbocycles. The summed E-state index contributed by atoms with van der Waals surface area (Å²) in [4.78, 5) is 0. The van der Waals surface area contributed by atoms with Crippen molar-refractivity contribution in [3.05, 3.63) is 0 Å². The van der Waals surface area contributed by atoms with Gasteiger partial charge in [-0.15, -0.1) is 0 Å². The van der Waals surface area contributed by atoms with Crippen LogP contribution in [0.25, 0.3) is 0 Å². The lowest BCUT2D eigenvalue weighted by Crippen LogP contribution is -2.45. The first-order valence-electron chi connectivity index (χ1n) is 5.77. The molecule has 1 aliphatic rings. The summed E-state index contributed by atoms with van der Waals surface area (Å²) in [5.74, 6) is 0. The minimum atomic E-state index is -3.11. The van der Waals surface area contributed by atoms with Gasteiger partial charge in [0.1, 0.15) is 0 Å². The molecule has 4 nitrogen and oxygen atoms in total. The third-order valence-electron chi connectivity index (χ3n) is 2.93. The molecule has 5 heteroatoms. The number of nitrogens with one attached hydrogen (secondary N) is 1. The van der Waals surface area contributed by atoms with Gasteiger partial charge in [0.25, 0.3) is 0 Å². The van der Waals surface area contributed by atoms with Crippen LogP contribution in [0.3, 0.4) is 0 Å². The number of ether oxygens (including phenoxy) is 1. The molecular weight excluding hydrogens is 226 g/mol. The Morgan fingerprint density at radius 3 is 2.31 bits per heavy atom. The Balaban J connectivity index is 2.62. The number of sulfonamides is 1. The van der Waals surface area contributed by atoms with Gasteiger partial charge in [-0.25, -0.2) is 13.1 Å². The average Bonchev–Trinajstić information content (AvgIpc) is 2.92. The van der Waals surface area contributed by atoms with Crippen molar-refractivity contribution in [3.63, 3.8) is 0 Å². The number of hydrogen-bond donors (Lipinski definition) is 1. The lowest BCUT2D eigenvalue weighted by molar-refractivity contribution is 0.161. The van der Waals surface area contributed by atoms with Crippen LogP contribution in [0, 0.1) is 5.41 Å². The van der Waals surface area contributed by atoms with E-state index in [2.05, 4.69) is 4.72 Å². The molecule has 0 unspecified atom stereocenters. The number of rotatable bonds is 6. The van der Waals surface area contributed by atoms with Crippen LogP contribution in [-0.4, -0.2) is 33.4 Å². The van der Waals surface area contributed by atoms with E-state index in [0.717, 1.165) is 12.8 Å². The minimum absolute atomic E-state index is 0.0574. The summed E-state index contributed by atoms with van der Waals surface area (Å²) < 4.78 is 31.6. The van der Waals surface area contributed by atoms with E-state index in [-0.39, 0.29) is 16.7 Å². The van der Waals surface area contributed by atoms with Crippen molar-refractivity contribution >= 4 is 10.0 Å². The first kappa shape index (κ1) is 13.9. The SMILES string of the molecule is COCC[C@H](NS(=O)(=O)C1CC1)C(C)(C)C. The second-order valence-electron chi connectivity index (χ2n) is 5.56. The Kier molecular flexibility index (Phi) is 4.37. The van der Waals surface area contributed by atoms with Gasteiger partial charge in [0.15, 0.2) is 0 Å². The summed E-state index contributed by atoms with van der Waals surface area (Å²) in [5, 5.41) is -0.153. The van der Waals surface area contributed by atoms with Crippen molar-refractivity contribution in [2.75, 3.05) is 13.7 Å². The van der Waals surface area contributed by atoms with E-state index in [0.29, 0.717) is 13.0 Å². The Hall–Kier alpha value is -0.130. The summed E-state index contributed by atoms with van der Waals surface area (Å²) in [6.45, 7) is 6.71. The van der Waals surface area contributed by atoms with Gasteiger partial charge in [-0.3, -0.25) is 0 Å². The summed E-state index contributed by atoms with van der Waals surface area (Å²) >= 11 is 0. The van der Waals surface area contributed by atoms with Gasteiger partial charge in [0.2, 0.25) is 10.0 Å². The fraction of sp³-hybridized carbons (Fsp3) is 1.00. The van der Waals surface area contributed by atoms with Crippen LogP contribution in [0.4, 0.5) is 0 Å². The van der Waals surface area contributed by atoms with Crippen LogP contribution < -0.4 is 4.72 Å². The highest BCUT2D eigenvalue weighted by Gasteiger charge is 2.39. The first-order chi connectivity index (χ1) is 7.27. The fourth-order valence-electron chi connectivity index (χ4n) is 1.58. The van der Waals surface area contributed by atoms with Gasteiger partial charge >= 0.3 is 0 Å². The average molecular weight is 249 g/mol. The van der Waals surface area contributed by atoms with Gasteiger partial charge in [-0.2, -0.15) is 0 Å². The van der Waals surface area contributed by atoms with Gasteiger partial charge in [0.05, 0.1) is 5.25 Å². The molecule has 1 aliphatic carbocycles. The number of hydrogen-bond acceptors (Lipinski definition) is 3. The molecule has 1 atom stereocenters. The molecule has 0 aromatic heterocycles. The van der Waals surface area contributed by atoms with Crippen molar-refractivity contribution in [1.29, 1.82) is 0 Å². The standard InChI is InChI=1S/C11H23NO3S/c1-11(2,3)10(7-8-15-4)12-16(13,14)9-5-6-9/h9-10,12H,5-8H2,1-4H3/t10-/m0/s1. The van der Waals surface area contributed by atoms with Crippen LogP contribution >= 0.6 is 0 Å². The second-order valence-corrected chi connectivity index (χ2v) is 7.55. The molecule has 0 aromatic rings. The number of methoxy groups -OCH3 is 1. The highest BCUT2D eigenvalue weighted by molar-refractivity contribution is 7.90. The normalized spacial score (nSPS) is 19.8. The molecule has 96 valence electrons. The van der Waals surface area contributed by atoms with E-state index in [4.69, 9.17) is 4.74 Å².